The first-order valence-electron chi connectivity index (χ1n) is 7.61. The zero-order chi connectivity index (χ0) is 17.5. The number of nitrogens with zero attached hydrogens (tertiary/aromatic N) is 7. The number of nitrogens with one attached hydrogen (secondary N) is 1. The molecule has 0 atom stereocenters. The molecule has 0 aliphatic carbocycles. The van der Waals surface area contributed by atoms with Crippen LogP contribution in [0.2, 0.25) is 0 Å². The van der Waals surface area contributed by atoms with E-state index in [1.54, 1.807) is 12.3 Å². The second-order valence-corrected chi connectivity index (χ2v) is 5.01. The van der Waals surface area contributed by atoms with Crippen molar-refractivity contribution in [1.29, 1.82) is 0 Å². The number of nitro groups is 1. The molecule has 130 valence electrons. The van der Waals surface area contributed by atoms with Gasteiger partial charge in [0.05, 0.1) is 0 Å². The van der Waals surface area contributed by atoms with Crippen molar-refractivity contribution in [3.05, 3.63) is 34.4 Å². The highest BCUT2D eigenvalue weighted by Crippen LogP contribution is 2.01. The summed E-state index contributed by atoms with van der Waals surface area (Å²) in [6.45, 7) is 7.47. The van der Waals surface area contributed by atoms with Crippen LogP contribution in [-0.2, 0) is 6.67 Å². The van der Waals surface area contributed by atoms with Crippen LogP contribution < -0.4 is 5.32 Å². The Bertz CT molecular complexity index is 691. The van der Waals surface area contributed by atoms with E-state index < -0.39 is 10.9 Å². The van der Waals surface area contributed by atoms with E-state index >= 15 is 0 Å². The monoisotopic (exact) mass is 336 g/mol. The third-order valence-electron chi connectivity index (χ3n) is 3.46. The Morgan fingerprint density at radius 3 is 2.71 bits per heavy atom. The summed E-state index contributed by atoms with van der Waals surface area (Å²) in [4.78, 5) is 27.7. The van der Waals surface area contributed by atoms with E-state index in [0.29, 0.717) is 6.54 Å². The first-order valence-corrected chi connectivity index (χ1v) is 7.61. The van der Waals surface area contributed by atoms with Gasteiger partial charge in [0.15, 0.2) is 6.67 Å². The molecule has 11 nitrogen and oxygen atoms in total. The molecular weight excluding hydrogens is 316 g/mol. The Kier molecular flexibility index (Phi) is 5.95. The van der Waals surface area contributed by atoms with Crippen molar-refractivity contribution < 1.29 is 9.72 Å². The van der Waals surface area contributed by atoms with Crippen LogP contribution in [0.4, 0.5) is 5.95 Å². The number of amides is 1. The number of aromatic nitrogens is 5. The van der Waals surface area contributed by atoms with Gasteiger partial charge in [-0.1, -0.05) is 18.8 Å². The molecule has 2 rings (SSSR count). The van der Waals surface area contributed by atoms with Crippen LogP contribution in [0.5, 0.6) is 0 Å². The lowest BCUT2D eigenvalue weighted by Gasteiger charge is -2.17. The van der Waals surface area contributed by atoms with E-state index in [-0.39, 0.29) is 18.3 Å². The lowest BCUT2D eigenvalue weighted by atomic mass is 10.4. The number of carbonyl (C=O) groups excluding carboxylic acids is 1. The van der Waals surface area contributed by atoms with Crippen LogP contribution in [0.15, 0.2) is 18.6 Å². The number of hydrogen-bond donors (Lipinski definition) is 1. The quantitative estimate of drug-likeness (QED) is 0.503. The van der Waals surface area contributed by atoms with Gasteiger partial charge in [-0.05, 0) is 24.1 Å². The van der Waals surface area contributed by atoms with Crippen molar-refractivity contribution in [2.75, 3.05) is 26.2 Å². The molecular formula is C13H20N8O3. The maximum atomic E-state index is 12.0. The van der Waals surface area contributed by atoms with Crippen LogP contribution in [0.3, 0.4) is 0 Å². The summed E-state index contributed by atoms with van der Waals surface area (Å²) in [5.74, 6) is -0.734. The molecule has 0 spiro atoms. The van der Waals surface area contributed by atoms with Gasteiger partial charge in [0.2, 0.25) is 6.33 Å². The normalized spacial score (nSPS) is 11.0. The Morgan fingerprint density at radius 2 is 2.08 bits per heavy atom. The SMILES string of the molecule is CCN(CC)CCNC(=O)c1ccn(Cn2cnc([N+](=O)[O-])n2)n1. The van der Waals surface area contributed by atoms with E-state index in [4.69, 9.17) is 0 Å². The Hall–Kier alpha value is -2.82. The second-order valence-electron chi connectivity index (χ2n) is 5.01. The molecule has 11 heteroatoms. The number of carbonyl (C=O) groups is 1. The van der Waals surface area contributed by atoms with E-state index in [1.165, 1.54) is 15.7 Å². The first-order chi connectivity index (χ1) is 11.5. The molecule has 0 bridgehead atoms. The van der Waals surface area contributed by atoms with Gasteiger partial charge < -0.3 is 20.3 Å². The minimum atomic E-state index is -0.672. The Labute approximate surface area is 138 Å². The molecule has 1 amide bonds. The molecule has 0 fully saturated rings. The van der Waals surface area contributed by atoms with Gasteiger partial charge in [-0.25, -0.2) is 4.68 Å². The maximum Gasteiger partial charge on any atom is 0.491 e. The van der Waals surface area contributed by atoms with E-state index in [2.05, 4.69) is 39.2 Å². The minimum absolute atomic E-state index is 0.133. The van der Waals surface area contributed by atoms with Gasteiger partial charge in [0.1, 0.15) is 5.69 Å². The Balaban J connectivity index is 1.87. The number of hydrogen-bond acceptors (Lipinski definition) is 7. The van der Waals surface area contributed by atoms with Gasteiger partial charge in [-0.3, -0.25) is 4.79 Å². The third kappa shape index (κ3) is 4.59. The highest BCUT2D eigenvalue weighted by atomic mass is 16.6. The molecule has 1 N–H and O–H groups in total. The summed E-state index contributed by atoms with van der Waals surface area (Å²) in [6.07, 6.45) is 2.84. The van der Waals surface area contributed by atoms with Crippen molar-refractivity contribution in [2.24, 2.45) is 0 Å². The molecule has 2 aromatic rings. The molecule has 0 aromatic carbocycles. The lowest BCUT2D eigenvalue weighted by Crippen LogP contribution is -2.35. The molecule has 0 radical (unpaired) electrons. The van der Waals surface area contributed by atoms with Crippen LogP contribution in [0.1, 0.15) is 24.3 Å². The number of rotatable bonds is 9. The fourth-order valence-electron chi connectivity index (χ4n) is 2.10. The maximum absolute atomic E-state index is 12.0. The van der Waals surface area contributed by atoms with Gasteiger partial charge >= 0.3 is 5.95 Å². The van der Waals surface area contributed by atoms with Gasteiger partial charge in [0.25, 0.3) is 5.91 Å². The average molecular weight is 336 g/mol. The second kappa shape index (κ2) is 8.15. The van der Waals surface area contributed by atoms with Crippen molar-refractivity contribution in [2.45, 2.75) is 20.5 Å². The summed E-state index contributed by atoms with van der Waals surface area (Å²) in [5.41, 5.74) is 0.282. The summed E-state index contributed by atoms with van der Waals surface area (Å²) in [7, 11) is 0. The van der Waals surface area contributed by atoms with Gasteiger partial charge in [-0.15, -0.1) is 0 Å². The van der Waals surface area contributed by atoms with Crippen LogP contribution in [0, 0.1) is 10.1 Å². The van der Waals surface area contributed by atoms with Crippen molar-refractivity contribution in [1.82, 2.24) is 34.8 Å². The summed E-state index contributed by atoms with van der Waals surface area (Å²) >= 11 is 0. The smallest absolute Gasteiger partial charge is 0.390 e. The lowest BCUT2D eigenvalue weighted by molar-refractivity contribution is -0.394. The van der Waals surface area contributed by atoms with Crippen molar-refractivity contribution in [3.8, 4) is 0 Å². The van der Waals surface area contributed by atoms with Crippen molar-refractivity contribution >= 4 is 11.9 Å². The van der Waals surface area contributed by atoms with Crippen LogP contribution in [-0.4, -0.2) is 66.5 Å². The fraction of sp³-hybridized carbons (Fsp3) is 0.538. The van der Waals surface area contributed by atoms with Gasteiger partial charge in [-0.2, -0.15) is 9.78 Å². The van der Waals surface area contributed by atoms with E-state index in [1.807, 2.05) is 0 Å². The summed E-state index contributed by atoms with van der Waals surface area (Å²) in [6, 6.07) is 1.58. The molecule has 0 unspecified atom stereocenters. The van der Waals surface area contributed by atoms with Crippen molar-refractivity contribution in [3.63, 3.8) is 0 Å². The molecule has 2 heterocycles. The molecule has 0 saturated carbocycles. The first kappa shape index (κ1) is 17.5. The van der Waals surface area contributed by atoms with E-state index in [0.717, 1.165) is 19.6 Å². The topological polar surface area (TPSA) is 124 Å². The predicted octanol–water partition coefficient (Wildman–Crippen LogP) is -0.0398. The fourth-order valence-corrected chi connectivity index (χ4v) is 2.10. The summed E-state index contributed by atoms with van der Waals surface area (Å²) in [5, 5.41) is 21.2. The largest absolute Gasteiger partial charge is 0.491 e. The Morgan fingerprint density at radius 1 is 1.33 bits per heavy atom. The molecule has 0 aliphatic heterocycles. The average Bonchev–Trinajstić information content (AvgIpc) is 3.21. The zero-order valence-corrected chi connectivity index (χ0v) is 13.6. The van der Waals surface area contributed by atoms with Crippen LogP contribution >= 0.6 is 0 Å². The third-order valence-corrected chi connectivity index (χ3v) is 3.46. The molecule has 24 heavy (non-hydrogen) atoms. The predicted molar refractivity (Wildman–Crippen MR) is 84.4 cm³/mol. The highest BCUT2D eigenvalue weighted by molar-refractivity contribution is 5.92. The van der Waals surface area contributed by atoms with E-state index in [9.17, 15) is 14.9 Å². The standard InChI is InChI=1S/C13H20N8O3/c1-3-18(4-2)8-6-14-12(22)11-5-7-19(16-11)10-20-9-15-13(17-20)21(23)24/h5,7,9H,3-4,6,8,10H2,1-2H3,(H,14,22). The zero-order valence-electron chi connectivity index (χ0n) is 13.6. The molecule has 0 aliphatic rings. The molecule has 2 aromatic heterocycles. The number of likely N-dealkylation sites (N-methyl/N-ethyl adjacent to an activating group) is 1. The van der Waals surface area contributed by atoms with Crippen LogP contribution in [0.25, 0.3) is 0 Å². The molecule has 0 saturated heterocycles. The highest BCUT2D eigenvalue weighted by Gasteiger charge is 2.14. The summed E-state index contributed by atoms with van der Waals surface area (Å²) < 4.78 is 2.73. The minimum Gasteiger partial charge on any atom is -0.390 e. The van der Waals surface area contributed by atoms with Gasteiger partial charge in [0, 0.05) is 24.4 Å².